The second-order valence-electron chi connectivity index (χ2n) is 6.28. The van der Waals surface area contributed by atoms with E-state index in [1.165, 1.54) is 4.68 Å². The fraction of sp³-hybridized carbons (Fsp3) is 0.316. The summed E-state index contributed by atoms with van der Waals surface area (Å²) < 4.78 is 1.19. The first-order valence-corrected chi connectivity index (χ1v) is 9.38. The van der Waals surface area contributed by atoms with E-state index < -0.39 is 0 Å². The summed E-state index contributed by atoms with van der Waals surface area (Å²) in [6, 6.07) is 9.25. The smallest absolute Gasteiger partial charge is 0.275 e. The Morgan fingerprint density at radius 2 is 2.08 bits per heavy atom. The summed E-state index contributed by atoms with van der Waals surface area (Å²) in [6.45, 7) is 2.02. The number of amides is 1. The van der Waals surface area contributed by atoms with Crippen molar-refractivity contribution in [2.75, 3.05) is 13.2 Å². The second kappa shape index (κ2) is 8.25. The molecule has 0 spiro atoms. The summed E-state index contributed by atoms with van der Waals surface area (Å²) in [7, 11) is 0. The average Bonchev–Trinajstić information content (AvgIpc) is 3.16. The number of aryl methyl sites for hydroxylation is 1. The molecule has 0 aliphatic heterocycles. The zero-order valence-corrected chi connectivity index (χ0v) is 15.3. The van der Waals surface area contributed by atoms with Gasteiger partial charge in [0.15, 0.2) is 0 Å². The largest absolute Gasteiger partial charge is 0.396 e. The molecule has 26 heavy (non-hydrogen) atoms. The molecule has 6 nitrogen and oxygen atoms in total. The molecule has 0 aliphatic rings. The predicted octanol–water partition coefficient (Wildman–Crippen LogP) is 1.73. The molecule has 0 unspecified atom stereocenters. The van der Waals surface area contributed by atoms with Gasteiger partial charge in [0.25, 0.3) is 5.56 Å². The SMILES string of the molecule is Cc1nn(CC(=O)NC[C@@H](CO)Cc2ccsc2)c(=O)c2ccccc12. The van der Waals surface area contributed by atoms with E-state index in [2.05, 4.69) is 10.4 Å². The van der Waals surface area contributed by atoms with Crippen LogP contribution in [0.5, 0.6) is 0 Å². The molecular weight excluding hydrogens is 350 g/mol. The summed E-state index contributed by atoms with van der Waals surface area (Å²) in [4.78, 5) is 24.7. The van der Waals surface area contributed by atoms with Crippen molar-refractivity contribution in [3.05, 3.63) is 62.7 Å². The van der Waals surface area contributed by atoms with Crippen LogP contribution in [-0.4, -0.2) is 33.9 Å². The van der Waals surface area contributed by atoms with Crippen LogP contribution < -0.4 is 10.9 Å². The Labute approximate surface area is 155 Å². The summed E-state index contributed by atoms with van der Waals surface area (Å²) in [6.07, 6.45) is 0.702. The number of thiophene rings is 1. The summed E-state index contributed by atoms with van der Waals surface area (Å²) in [5.74, 6) is -0.352. The van der Waals surface area contributed by atoms with E-state index in [4.69, 9.17) is 0 Å². The standard InChI is InChI=1S/C19H21N3O3S/c1-13-16-4-2-3-5-17(16)19(25)22(21-13)10-18(24)20-9-15(11-23)8-14-6-7-26-12-14/h2-7,12,15,23H,8-11H2,1H3,(H,20,24)/t15-/m0/s1. The highest BCUT2D eigenvalue weighted by atomic mass is 32.1. The zero-order valence-electron chi connectivity index (χ0n) is 14.5. The average molecular weight is 371 g/mol. The lowest BCUT2D eigenvalue weighted by atomic mass is 10.0. The number of aromatic nitrogens is 2. The number of benzene rings is 1. The third-order valence-corrected chi connectivity index (χ3v) is 5.03. The predicted molar refractivity (Wildman–Crippen MR) is 102 cm³/mol. The number of carbonyl (C=O) groups is 1. The first-order valence-electron chi connectivity index (χ1n) is 8.43. The molecule has 0 fully saturated rings. The van der Waals surface area contributed by atoms with Crippen molar-refractivity contribution in [1.29, 1.82) is 0 Å². The highest BCUT2D eigenvalue weighted by Gasteiger charge is 2.13. The normalized spacial score (nSPS) is 12.2. The minimum absolute atomic E-state index is 0.0105. The molecule has 0 bridgehead atoms. The van der Waals surface area contributed by atoms with Crippen LogP contribution in [0.2, 0.25) is 0 Å². The number of rotatable bonds is 7. The van der Waals surface area contributed by atoms with Crippen LogP contribution in [-0.2, 0) is 17.8 Å². The number of carbonyl (C=O) groups excluding carboxylic acids is 1. The summed E-state index contributed by atoms with van der Waals surface area (Å²) in [5, 5.41) is 21.9. The van der Waals surface area contributed by atoms with Crippen LogP contribution in [0.15, 0.2) is 45.9 Å². The highest BCUT2D eigenvalue weighted by Crippen LogP contribution is 2.12. The number of aliphatic hydroxyl groups excluding tert-OH is 1. The molecule has 3 rings (SSSR count). The molecule has 1 amide bonds. The lowest BCUT2D eigenvalue weighted by molar-refractivity contribution is -0.122. The van der Waals surface area contributed by atoms with Crippen molar-refractivity contribution in [3.63, 3.8) is 0 Å². The number of fused-ring (bicyclic) bond motifs is 1. The van der Waals surface area contributed by atoms with Crippen LogP contribution in [0.3, 0.4) is 0 Å². The Bertz CT molecular complexity index is 950. The quantitative estimate of drug-likeness (QED) is 0.663. The molecule has 0 radical (unpaired) electrons. The fourth-order valence-electron chi connectivity index (χ4n) is 2.91. The van der Waals surface area contributed by atoms with Crippen molar-refractivity contribution >= 4 is 28.0 Å². The topological polar surface area (TPSA) is 84.2 Å². The van der Waals surface area contributed by atoms with Crippen LogP contribution >= 0.6 is 11.3 Å². The Morgan fingerprint density at radius 1 is 1.31 bits per heavy atom. The first-order chi connectivity index (χ1) is 12.6. The molecule has 0 aliphatic carbocycles. The number of nitrogens with zero attached hydrogens (tertiary/aromatic N) is 2. The van der Waals surface area contributed by atoms with Gasteiger partial charge in [-0.05, 0) is 41.8 Å². The van der Waals surface area contributed by atoms with Crippen LogP contribution in [0, 0.1) is 12.8 Å². The van der Waals surface area contributed by atoms with Gasteiger partial charge >= 0.3 is 0 Å². The van der Waals surface area contributed by atoms with Crippen molar-refractivity contribution in [1.82, 2.24) is 15.1 Å². The van der Waals surface area contributed by atoms with Crippen LogP contribution in [0.1, 0.15) is 11.3 Å². The Morgan fingerprint density at radius 3 is 2.77 bits per heavy atom. The fourth-order valence-corrected chi connectivity index (χ4v) is 3.59. The molecule has 1 atom stereocenters. The molecule has 7 heteroatoms. The number of nitrogens with one attached hydrogen (secondary N) is 1. The van der Waals surface area contributed by atoms with Gasteiger partial charge in [-0.15, -0.1) is 0 Å². The van der Waals surface area contributed by atoms with Crippen LogP contribution in [0.4, 0.5) is 0 Å². The summed E-state index contributed by atoms with van der Waals surface area (Å²) in [5.41, 5.74) is 1.57. The van der Waals surface area contributed by atoms with Gasteiger partial charge in [0, 0.05) is 24.5 Å². The maximum atomic E-state index is 12.5. The van der Waals surface area contributed by atoms with E-state index in [1.54, 1.807) is 23.5 Å². The van der Waals surface area contributed by atoms with Gasteiger partial charge in [-0.3, -0.25) is 9.59 Å². The molecule has 136 valence electrons. The van der Waals surface area contributed by atoms with Gasteiger partial charge in [-0.25, -0.2) is 4.68 Å². The van der Waals surface area contributed by atoms with E-state index in [0.717, 1.165) is 10.9 Å². The summed E-state index contributed by atoms with van der Waals surface area (Å²) >= 11 is 1.61. The third kappa shape index (κ3) is 4.17. The number of hydrogen-bond donors (Lipinski definition) is 2. The van der Waals surface area contributed by atoms with Gasteiger partial charge in [0.05, 0.1) is 11.1 Å². The van der Waals surface area contributed by atoms with Crippen LogP contribution in [0.25, 0.3) is 10.8 Å². The van der Waals surface area contributed by atoms with Gasteiger partial charge < -0.3 is 10.4 Å². The lowest BCUT2D eigenvalue weighted by Crippen LogP contribution is -2.37. The Balaban J connectivity index is 1.65. The van der Waals surface area contributed by atoms with E-state index in [1.807, 2.05) is 35.9 Å². The molecule has 2 aromatic heterocycles. The van der Waals surface area contributed by atoms with E-state index in [9.17, 15) is 14.7 Å². The molecule has 1 aromatic carbocycles. The molecule has 0 saturated carbocycles. The van der Waals surface area contributed by atoms with Crippen molar-refractivity contribution in [3.8, 4) is 0 Å². The second-order valence-corrected chi connectivity index (χ2v) is 7.06. The Kier molecular flexibility index (Phi) is 5.80. The van der Waals surface area contributed by atoms with E-state index >= 15 is 0 Å². The first kappa shape index (κ1) is 18.3. The van der Waals surface area contributed by atoms with Crippen molar-refractivity contribution in [2.45, 2.75) is 19.9 Å². The minimum atomic E-state index is -0.293. The lowest BCUT2D eigenvalue weighted by Gasteiger charge is -2.15. The molecular formula is C19H21N3O3S. The number of hydrogen-bond acceptors (Lipinski definition) is 5. The van der Waals surface area contributed by atoms with Gasteiger partial charge in [-0.2, -0.15) is 16.4 Å². The molecule has 2 N–H and O–H groups in total. The Hall–Kier alpha value is -2.51. The van der Waals surface area contributed by atoms with Gasteiger partial charge in [0.2, 0.25) is 5.91 Å². The molecule has 0 saturated heterocycles. The van der Waals surface area contributed by atoms with E-state index in [-0.39, 0.29) is 30.5 Å². The highest BCUT2D eigenvalue weighted by molar-refractivity contribution is 7.07. The van der Waals surface area contributed by atoms with Gasteiger partial charge in [-0.1, -0.05) is 18.2 Å². The minimum Gasteiger partial charge on any atom is -0.396 e. The van der Waals surface area contributed by atoms with Crippen molar-refractivity contribution in [2.24, 2.45) is 5.92 Å². The van der Waals surface area contributed by atoms with Crippen molar-refractivity contribution < 1.29 is 9.90 Å². The maximum Gasteiger partial charge on any atom is 0.275 e. The molecule has 2 heterocycles. The van der Waals surface area contributed by atoms with Gasteiger partial charge in [0.1, 0.15) is 6.54 Å². The maximum absolute atomic E-state index is 12.5. The monoisotopic (exact) mass is 371 g/mol. The third-order valence-electron chi connectivity index (χ3n) is 4.30. The number of aliphatic hydroxyl groups is 1. The zero-order chi connectivity index (χ0) is 18.5. The van der Waals surface area contributed by atoms with E-state index in [0.29, 0.717) is 24.0 Å². The molecule has 3 aromatic rings.